The molecule has 0 atom stereocenters. The van der Waals surface area contributed by atoms with Crippen LogP contribution in [0.25, 0.3) is 0 Å². The molecule has 0 bridgehead atoms. The molecule has 0 spiro atoms. The normalized spacial score (nSPS) is 10.1. The molecule has 0 aliphatic carbocycles. The Balaban J connectivity index is 1.77. The Bertz CT molecular complexity index is 508. The van der Waals surface area contributed by atoms with Gasteiger partial charge in [0.15, 0.2) is 11.6 Å². The minimum atomic E-state index is -0.924. The van der Waals surface area contributed by atoms with E-state index in [0.717, 1.165) is 12.1 Å². The molecule has 0 fully saturated rings. The van der Waals surface area contributed by atoms with E-state index in [9.17, 15) is 8.78 Å². The van der Waals surface area contributed by atoms with Gasteiger partial charge in [-0.3, -0.25) is 0 Å². The highest BCUT2D eigenvalue weighted by molar-refractivity contribution is 5.24. The molecule has 1 aromatic carbocycles. The van der Waals surface area contributed by atoms with Gasteiger partial charge in [-0.25, -0.2) is 18.7 Å². The zero-order chi connectivity index (χ0) is 12.8. The number of nitrogens with zero attached hydrogens (tertiary/aromatic N) is 2. The summed E-state index contributed by atoms with van der Waals surface area (Å²) >= 11 is 0. The van der Waals surface area contributed by atoms with E-state index in [0.29, 0.717) is 19.1 Å². The van der Waals surface area contributed by atoms with Crippen molar-refractivity contribution in [2.75, 3.05) is 18.5 Å². The average molecular weight is 251 g/mol. The van der Waals surface area contributed by atoms with Crippen molar-refractivity contribution in [1.82, 2.24) is 9.97 Å². The summed E-state index contributed by atoms with van der Waals surface area (Å²) in [5.74, 6) is -1.04. The van der Waals surface area contributed by atoms with Crippen molar-refractivity contribution >= 4 is 5.95 Å². The molecule has 1 N–H and O–H groups in total. The second kappa shape index (κ2) is 5.90. The molecule has 1 heterocycles. The van der Waals surface area contributed by atoms with Crippen LogP contribution in [0.3, 0.4) is 0 Å². The molecule has 4 nitrogen and oxygen atoms in total. The topological polar surface area (TPSA) is 47.0 Å². The van der Waals surface area contributed by atoms with E-state index in [1.807, 2.05) is 0 Å². The molecule has 0 amide bonds. The SMILES string of the molecule is Fc1ccc(OCCNc2ncccn2)cc1F. The van der Waals surface area contributed by atoms with Gasteiger partial charge >= 0.3 is 0 Å². The molecule has 0 aliphatic rings. The molecule has 2 aromatic rings. The van der Waals surface area contributed by atoms with Gasteiger partial charge in [0, 0.05) is 18.5 Å². The van der Waals surface area contributed by atoms with Crippen LogP contribution in [-0.4, -0.2) is 23.1 Å². The van der Waals surface area contributed by atoms with Crippen molar-refractivity contribution in [3.8, 4) is 5.75 Å². The molecule has 2 rings (SSSR count). The lowest BCUT2D eigenvalue weighted by atomic mass is 10.3. The van der Waals surface area contributed by atoms with Crippen LogP contribution in [0.5, 0.6) is 5.75 Å². The van der Waals surface area contributed by atoms with Crippen LogP contribution >= 0.6 is 0 Å². The Morgan fingerprint density at radius 1 is 1.11 bits per heavy atom. The Hall–Kier alpha value is -2.24. The largest absolute Gasteiger partial charge is 0.492 e. The highest BCUT2D eigenvalue weighted by Gasteiger charge is 2.02. The molecule has 6 heteroatoms. The van der Waals surface area contributed by atoms with Gasteiger partial charge in [-0.15, -0.1) is 0 Å². The minimum Gasteiger partial charge on any atom is -0.492 e. The molecular weight excluding hydrogens is 240 g/mol. The first-order valence-corrected chi connectivity index (χ1v) is 5.34. The molecule has 0 saturated heterocycles. The van der Waals surface area contributed by atoms with E-state index in [4.69, 9.17) is 4.74 Å². The highest BCUT2D eigenvalue weighted by Crippen LogP contribution is 2.15. The van der Waals surface area contributed by atoms with Crippen LogP contribution in [-0.2, 0) is 0 Å². The van der Waals surface area contributed by atoms with Crippen molar-refractivity contribution in [1.29, 1.82) is 0 Å². The molecule has 0 saturated carbocycles. The van der Waals surface area contributed by atoms with Crippen LogP contribution in [0.1, 0.15) is 0 Å². The highest BCUT2D eigenvalue weighted by atomic mass is 19.2. The van der Waals surface area contributed by atoms with Crippen LogP contribution in [0.4, 0.5) is 14.7 Å². The first-order chi connectivity index (χ1) is 8.75. The number of hydrogen-bond donors (Lipinski definition) is 1. The summed E-state index contributed by atoms with van der Waals surface area (Å²) in [5.41, 5.74) is 0. The zero-order valence-electron chi connectivity index (χ0n) is 9.44. The monoisotopic (exact) mass is 251 g/mol. The number of ether oxygens (including phenoxy) is 1. The fourth-order valence-corrected chi connectivity index (χ4v) is 1.29. The van der Waals surface area contributed by atoms with Crippen LogP contribution in [0.2, 0.25) is 0 Å². The molecule has 94 valence electrons. The lowest BCUT2D eigenvalue weighted by Crippen LogP contribution is -2.13. The third-order valence-corrected chi connectivity index (χ3v) is 2.11. The predicted octanol–water partition coefficient (Wildman–Crippen LogP) is 2.25. The lowest BCUT2D eigenvalue weighted by molar-refractivity contribution is 0.329. The first-order valence-electron chi connectivity index (χ1n) is 5.34. The Labute approximate surface area is 103 Å². The summed E-state index contributed by atoms with van der Waals surface area (Å²) in [4.78, 5) is 7.92. The number of halogens is 2. The van der Waals surface area contributed by atoms with E-state index >= 15 is 0 Å². The molecule has 1 aromatic heterocycles. The maximum absolute atomic E-state index is 12.9. The van der Waals surface area contributed by atoms with Gasteiger partial charge < -0.3 is 10.1 Å². The van der Waals surface area contributed by atoms with E-state index in [1.165, 1.54) is 6.07 Å². The maximum atomic E-state index is 12.9. The second-order valence-electron chi connectivity index (χ2n) is 3.42. The van der Waals surface area contributed by atoms with Crippen LogP contribution in [0.15, 0.2) is 36.7 Å². The Morgan fingerprint density at radius 2 is 1.89 bits per heavy atom. The summed E-state index contributed by atoms with van der Waals surface area (Å²) in [6.45, 7) is 0.756. The van der Waals surface area contributed by atoms with Gasteiger partial charge in [0.05, 0.1) is 6.54 Å². The van der Waals surface area contributed by atoms with Crippen molar-refractivity contribution in [3.63, 3.8) is 0 Å². The summed E-state index contributed by atoms with van der Waals surface area (Å²) < 4.78 is 30.8. The van der Waals surface area contributed by atoms with E-state index in [-0.39, 0.29) is 5.75 Å². The zero-order valence-corrected chi connectivity index (χ0v) is 9.44. The summed E-state index contributed by atoms with van der Waals surface area (Å²) in [6.07, 6.45) is 3.23. The van der Waals surface area contributed by atoms with E-state index in [1.54, 1.807) is 18.5 Å². The van der Waals surface area contributed by atoms with E-state index in [2.05, 4.69) is 15.3 Å². The molecule has 0 radical (unpaired) electrons. The number of nitrogens with one attached hydrogen (secondary N) is 1. The van der Waals surface area contributed by atoms with Crippen molar-refractivity contribution in [2.24, 2.45) is 0 Å². The summed E-state index contributed by atoms with van der Waals surface area (Å²) in [5, 5.41) is 2.93. The van der Waals surface area contributed by atoms with Gasteiger partial charge in [0.25, 0.3) is 0 Å². The molecular formula is C12H11F2N3O. The van der Waals surface area contributed by atoms with Gasteiger partial charge in [-0.05, 0) is 18.2 Å². The number of aromatic nitrogens is 2. The van der Waals surface area contributed by atoms with Crippen LogP contribution < -0.4 is 10.1 Å². The van der Waals surface area contributed by atoms with Gasteiger partial charge in [-0.1, -0.05) is 0 Å². The third-order valence-electron chi connectivity index (χ3n) is 2.11. The van der Waals surface area contributed by atoms with E-state index < -0.39 is 11.6 Å². The first kappa shape index (κ1) is 12.2. The smallest absolute Gasteiger partial charge is 0.222 e. The number of benzene rings is 1. The quantitative estimate of drug-likeness (QED) is 0.828. The minimum absolute atomic E-state index is 0.282. The number of rotatable bonds is 5. The third kappa shape index (κ3) is 3.38. The number of hydrogen-bond acceptors (Lipinski definition) is 4. The second-order valence-corrected chi connectivity index (χ2v) is 3.42. The molecule has 0 unspecified atom stereocenters. The Morgan fingerprint density at radius 3 is 2.61 bits per heavy atom. The lowest BCUT2D eigenvalue weighted by Gasteiger charge is -2.07. The van der Waals surface area contributed by atoms with Crippen molar-refractivity contribution in [3.05, 3.63) is 48.3 Å². The fourth-order valence-electron chi connectivity index (χ4n) is 1.29. The van der Waals surface area contributed by atoms with Gasteiger partial charge in [0.1, 0.15) is 12.4 Å². The maximum Gasteiger partial charge on any atom is 0.222 e. The van der Waals surface area contributed by atoms with Crippen molar-refractivity contribution < 1.29 is 13.5 Å². The van der Waals surface area contributed by atoms with Gasteiger partial charge in [-0.2, -0.15) is 0 Å². The predicted molar refractivity (Wildman–Crippen MR) is 62.4 cm³/mol. The Kier molecular flexibility index (Phi) is 4.01. The number of anilines is 1. The standard InChI is InChI=1S/C12H11F2N3O/c13-10-3-2-9(8-11(10)14)18-7-6-17-12-15-4-1-5-16-12/h1-5,8H,6-7H2,(H,15,16,17). The average Bonchev–Trinajstić information content (AvgIpc) is 2.40. The summed E-state index contributed by atoms with van der Waals surface area (Å²) in [7, 11) is 0. The molecule has 18 heavy (non-hydrogen) atoms. The fraction of sp³-hybridized carbons (Fsp3) is 0.167. The molecule has 0 aliphatic heterocycles. The van der Waals surface area contributed by atoms with Crippen molar-refractivity contribution in [2.45, 2.75) is 0 Å². The van der Waals surface area contributed by atoms with Crippen LogP contribution in [0, 0.1) is 11.6 Å². The van der Waals surface area contributed by atoms with Gasteiger partial charge in [0.2, 0.25) is 5.95 Å². The summed E-state index contributed by atoms with van der Waals surface area (Å²) in [6, 6.07) is 5.12.